The fourth-order valence-electron chi connectivity index (χ4n) is 5.35. The number of nitrogens with one attached hydrogen (secondary N) is 2. The molecule has 4 aromatic rings. The van der Waals surface area contributed by atoms with E-state index < -0.39 is 0 Å². The van der Waals surface area contributed by atoms with E-state index in [1.807, 2.05) is 60.7 Å². The molecular formula is C35H36N2O3. The Labute approximate surface area is 236 Å². The molecule has 0 unspecified atom stereocenters. The van der Waals surface area contributed by atoms with Crippen molar-refractivity contribution in [1.29, 1.82) is 0 Å². The van der Waals surface area contributed by atoms with Crippen LogP contribution in [-0.2, 0) is 40.8 Å². The van der Waals surface area contributed by atoms with Crippen LogP contribution in [0, 0.1) is 0 Å². The minimum absolute atomic E-state index is 0.00965. The lowest BCUT2D eigenvalue weighted by atomic mass is 9.74. The third-order valence-corrected chi connectivity index (χ3v) is 7.62. The highest BCUT2D eigenvalue weighted by Gasteiger charge is 2.36. The van der Waals surface area contributed by atoms with Gasteiger partial charge in [-0.2, -0.15) is 0 Å². The van der Waals surface area contributed by atoms with Crippen LogP contribution in [0.5, 0.6) is 11.5 Å². The maximum absolute atomic E-state index is 12.6. The van der Waals surface area contributed by atoms with Gasteiger partial charge in [0.2, 0.25) is 11.8 Å². The first-order chi connectivity index (χ1) is 19.4. The number of hydrogen-bond donors (Lipinski definition) is 2. The van der Waals surface area contributed by atoms with E-state index in [2.05, 4.69) is 60.9 Å². The van der Waals surface area contributed by atoms with Crippen LogP contribution in [0.3, 0.4) is 0 Å². The molecule has 1 aliphatic heterocycles. The van der Waals surface area contributed by atoms with Gasteiger partial charge in [-0.05, 0) is 35.1 Å². The average Bonchev–Trinajstić information content (AvgIpc) is 2.96. The van der Waals surface area contributed by atoms with Gasteiger partial charge in [-0.25, -0.2) is 0 Å². The van der Waals surface area contributed by atoms with Gasteiger partial charge in [0, 0.05) is 36.1 Å². The highest BCUT2D eigenvalue weighted by Crippen LogP contribution is 2.50. The maximum atomic E-state index is 12.6. The summed E-state index contributed by atoms with van der Waals surface area (Å²) in [5, 5.41) is 6.08. The second kappa shape index (κ2) is 12.2. The highest BCUT2D eigenvalue weighted by atomic mass is 16.5. The Morgan fingerprint density at radius 2 is 1.23 bits per heavy atom. The highest BCUT2D eigenvalue weighted by molar-refractivity contribution is 5.78. The molecule has 0 radical (unpaired) electrons. The first-order valence-corrected chi connectivity index (χ1v) is 14.0. The van der Waals surface area contributed by atoms with Crippen LogP contribution in [0.25, 0.3) is 0 Å². The third-order valence-electron chi connectivity index (χ3n) is 7.62. The van der Waals surface area contributed by atoms with Crippen molar-refractivity contribution in [3.05, 3.63) is 130 Å². The summed E-state index contributed by atoms with van der Waals surface area (Å²) in [6.45, 7) is 5.49. The minimum Gasteiger partial charge on any atom is -0.456 e. The van der Waals surface area contributed by atoms with Crippen LogP contribution < -0.4 is 15.4 Å². The van der Waals surface area contributed by atoms with Crippen LogP contribution in [0.15, 0.2) is 97.1 Å². The standard InChI is InChI=1S/C35H36N2O3/c1-35(2)29-17-9-15-27(19-20-31(38)37-24-26-13-7-4-8-14-26)33(29)40-34-28(16-10-18-30(34)35)21-22-36-32(39)23-25-11-5-3-6-12-25/h3-18H,19-24H2,1-2H3,(H,36,39)(H,37,38). The number of ether oxygens (including phenoxy) is 1. The molecular weight excluding hydrogens is 496 g/mol. The summed E-state index contributed by atoms with van der Waals surface area (Å²) in [6.07, 6.45) is 2.01. The van der Waals surface area contributed by atoms with Gasteiger partial charge in [-0.3, -0.25) is 9.59 Å². The Bertz CT molecular complexity index is 1480. The molecule has 2 N–H and O–H groups in total. The van der Waals surface area contributed by atoms with Crippen LogP contribution in [0.1, 0.15) is 53.6 Å². The van der Waals surface area contributed by atoms with Crippen LogP contribution in [-0.4, -0.2) is 18.4 Å². The summed E-state index contributed by atoms with van der Waals surface area (Å²) in [5.41, 5.74) is 6.16. The quantitative estimate of drug-likeness (QED) is 0.253. The largest absolute Gasteiger partial charge is 0.456 e. The van der Waals surface area contributed by atoms with E-state index >= 15 is 0 Å². The van der Waals surface area contributed by atoms with Gasteiger partial charge in [0.1, 0.15) is 11.5 Å². The van der Waals surface area contributed by atoms with Crippen molar-refractivity contribution in [3.63, 3.8) is 0 Å². The van der Waals surface area contributed by atoms with E-state index in [-0.39, 0.29) is 17.2 Å². The molecule has 5 rings (SSSR count). The molecule has 0 aromatic heterocycles. The Kier molecular flexibility index (Phi) is 8.30. The monoisotopic (exact) mass is 532 g/mol. The van der Waals surface area contributed by atoms with E-state index in [0.717, 1.165) is 44.9 Å². The topological polar surface area (TPSA) is 67.4 Å². The van der Waals surface area contributed by atoms with E-state index in [4.69, 9.17) is 4.74 Å². The van der Waals surface area contributed by atoms with Crippen molar-refractivity contribution in [2.75, 3.05) is 6.54 Å². The maximum Gasteiger partial charge on any atom is 0.224 e. The number of fused-ring (bicyclic) bond motifs is 2. The fourth-order valence-corrected chi connectivity index (χ4v) is 5.35. The van der Waals surface area contributed by atoms with Gasteiger partial charge in [-0.15, -0.1) is 0 Å². The minimum atomic E-state index is -0.263. The summed E-state index contributed by atoms with van der Waals surface area (Å²) < 4.78 is 6.65. The molecule has 1 aliphatic rings. The number of carbonyl (C=O) groups excluding carboxylic acids is 2. The lowest BCUT2D eigenvalue weighted by molar-refractivity contribution is -0.121. The summed E-state index contributed by atoms with van der Waals surface area (Å²) in [7, 11) is 0. The molecule has 0 fully saturated rings. The van der Waals surface area contributed by atoms with Crippen molar-refractivity contribution >= 4 is 11.8 Å². The predicted molar refractivity (Wildman–Crippen MR) is 159 cm³/mol. The van der Waals surface area contributed by atoms with Gasteiger partial charge in [0.05, 0.1) is 6.42 Å². The number of carbonyl (C=O) groups is 2. The van der Waals surface area contributed by atoms with Crippen LogP contribution in [0.4, 0.5) is 0 Å². The first-order valence-electron chi connectivity index (χ1n) is 14.0. The van der Waals surface area contributed by atoms with Gasteiger partial charge >= 0.3 is 0 Å². The number of para-hydroxylation sites is 2. The van der Waals surface area contributed by atoms with E-state index in [1.54, 1.807) is 0 Å². The predicted octanol–water partition coefficient (Wildman–Crippen LogP) is 6.27. The van der Waals surface area contributed by atoms with E-state index in [0.29, 0.717) is 38.8 Å². The molecule has 0 saturated heterocycles. The molecule has 0 bridgehead atoms. The number of amides is 2. The fraction of sp³-hybridized carbons (Fsp3) is 0.257. The molecule has 1 heterocycles. The summed E-state index contributed by atoms with van der Waals surface area (Å²) in [5.74, 6) is 1.73. The van der Waals surface area contributed by atoms with Gasteiger partial charge < -0.3 is 15.4 Å². The Balaban J connectivity index is 1.26. The normalized spacial score (nSPS) is 12.9. The van der Waals surface area contributed by atoms with Crippen molar-refractivity contribution in [2.24, 2.45) is 0 Å². The smallest absolute Gasteiger partial charge is 0.224 e. The van der Waals surface area contributed by atoms with Crippen LogP contribution >= 0.6 is 0 Å². The van der Waals surface area contributed by atoms with Gasteiger partial charge in [0.25, 0.3) is 0 Å². The van der Waals surface area contributed by atoms with E-state index in [9.17, 15) is 9.59 Å². The molecule has 204 valence electrons. The summed E-state index contributed by atoms with van der Waals surface area (Å²) in [6, 6.07) is 32.2. The zero-order valence-electron chi connectivity index (χ0n) is 23.2. The van der Waals surface area contributed by atoms with E-state index in [1.165, 1.54) is 0 Å². The number of rotatable bonds is 10. The Hall–Kier alpha value is -4.38. The second-order valence-electron chi connectivity index (χ2n) is 10.8. The molecule has 40 heavy (non-hydrogen) atoms. The zero-order chi connectivity index (χ0) is 28.0. The summed E-state index contributed by atoms with van der Waals surface area (Å²) >= 11 is 0. The molecule has 2 amide bonds. The molecule has 0 aliphatic carbocycles. The van der Waals surface area contributed by atoms with Gasteiger partial charge in [-0.1, -0.05) is 111 Å². The molecule has 5 heteroatoms. The Morgan fingerprint density at radius 3 is 1.85 bits per heavy atom. The zero-order valence-corrected chi connectivity index (χ0v) is 23.2. The molecule has 0 saturated carbocycles. The second-order valence-corrected chi connectivity index (χ2v) is 10.8. The molecule has 4 aromatic carbocycles. The number of aryl methyl sites for hydroxylation is 1. The number of benzene rings is 4. The van der Waals surface area contributed by atoms with Crippen molar-refractivity contribution in [1.82, 2.24) is 10.6 Å². The first kappa shape index (κ1) is 27.2. The Morgan fingerprint density at radius 1 is 0.650 bits per heavy atom. The SMILES string of the molecule is CC1(C)c2cccc(CCNC(=O)Cc3ccccc3)c2Oc2c(CCC(=O)NCc3ccccc3)cccc21. The lowest BCUT2D eigenvalue weighted by Crippen LogP contribution is -2.28. The van der Waals surface area contributed by atoms with Crippen LogP contribution in [0.2, 0.25) is 0 Å². The van der Waals surface area contributed by atoms with Crippen molar-refractivity contribution in [3.8, 4) is 11.5 Å². The molecule has 0 atom stereocenters. The average molecular weight is 533 g/mol. The lowest BCUT2D eigenvalue weighted by Gasteiger charge is -2.36. The van der Waals surface area contributed by atoms with Gasteiger partial charge in [0.15, 0.2) is 0 Å². The third kappa shape index (κ3) is 6.26. The van der Waals surface area contributed by atoms with Crippen molar-refractivity contribution in [2.45, 2.75) is 51.5 Å². The van der Waals surface area contributed by atoms with Crippen molar-refractivity contribution < 1.29 is 14.3 Å². The summed E-state index contributed by atoms with van der Waals surface area (Å²) in [4.78, 5) is 25.1. The number of hydrogen-bond acceptors (Lipinski definition) is 3. The molecule has 5 nitrogen and oxygen atoms in total. The molecule has 0 spiro atoms.